The first-order chi connectivity index (χ1) is 47.7. The maximum Gasteiger partial charge on any atom is 0.472 e. The first-order valence-corrected chi connectivity index (χ1v) is 39.1. The predicted molar refractivity (Wildman–Crippen MR) is 366 cm³/mol. The van der Waals surface area contributed by atoms with E-state index in [-0.39, 0.29) is 64.3 Å². The highest BCUT2D eigenvalue weighted by Gasteiger charge is 2.54. The highest BCUT2D eigenvalue weighted by Crippen LogP contribution is 2.43. The van der Waals surface area contributed by atoms with E-state index in [0.717, 1.165) is 51.9 Å². The van der Waals surface area contributed by atoms with E-state index in [1.54, 1.807) is 0 Å². The zero-order valence-electron chi connectivity index (χ0n) is 60.1. The molecule has 0 saturated carbocycles. The standard InChI is InChI=1S/C70H130N3O25P/c1-5-7-9-11-13-15-17-19-21-23-25-27-29-31-33-40-57(79)90-48-52(94-58(80)41-34-32-30-28-26-24-22-20-18-16-14-12-10-8-6-2)49-92-99(87,88)91-45-43-72-56(78)39-36-35-38-55(77)71-42-37-44-89-70-67(98-69-65(86)64(85)60(81)50(3)93-69)66(62(83)54(47-75)96-70)97-68-59(73-51(4)76)63(84)61(82)53(46-74)95-68/h50,52-54,59-70,74-75,81-86H,5-49H2,1-4H3,(H,71,77)(H,72,78)(H,73,76)(H,87,88)/t50-,52+,53+,54+,59+,60+,61-,62-,63+,64+,65-,66-,67+,68+,69-,70+/m0/s1. The Balaban J connectivity index is 1.41. The van der Waals surface area contributed by atoms with Gasteiger partial charge in [0.1, 0.15) is 73.7 Å². The van der Waals surface area contributed by atoms with Crippen LogP contribution in [0, 0.1) is 0 Å². The van der Waals surface area contributed by atoms with Gasteiger partial charge in [0.2, 0.25) is 17.7 Å². The summed E-state index contributed by atoms with van der Waals surface area (Å²) in [6.07, 6.45) is 13.0. The monoisotopic (exact) mass is 1440 g/mol. The van der Waals surface area contributed by atoms with Crippen molar-refractivity contribution in [3.8, 4) is 0 Å². The average Bonchev–Trinajstić information content (AvgIpc) is 0.775. The van der Waals surface area contributed by atoms with Crippen molar-refractivity contribution >= 4 is 37.5 Å². The van der Waals surface area contributed by atoms with Crippen molar-refractivity contribution in [2.75, 3.05) is 52.7 Å². The Bertz CT molecular complexity index is 2180. The lowest BCUT2D eigenvalue weighted by Gasteiger charge is -2.49. The summed E-state index contributed by atoms with van der Waals surface area (Å²) in [4.78, 5) is 73.9. The van der Waals surface area contributed by atoms with Crippen LogP contribution >= 0.6 is 7.82 Å². The van der Waals surface area contributed by atoms with E-state index in [0.29, 0.717) is 25.7 Å². The van der Waals surface area contributed by atoms with Crippen LogP contribution in [0.1, 0.15) is 265 Å². The summed E-state index contributed by atoms with van der Waals surface area (Å²) in [5, 5.41) is 92.7. The lowest BCUT2D eigenvalue weighted by Crippen LogP contribution is -2.68. The van der Waals surface area contributed by atoms with E-state index < -0.39 is 156 Å². The SMILES string of the molecule is CCCCCCCCCCCCCCCCCC(=O)OC[C@H](COP(=O)(O)OCCNC(=O)CCCCC(=O)NCCCO[C@@H]1O[C@H](CO)[C@H](O)[C@H](O[C@H]2O[C@H](CO)[C@H](O)[C@H](O)[C@H]2NC(C)=O)[C@H]1O[C@@H]1O[C@@H](C)[C@@H](O)[C@@H](O)[C@@H]1O)OC(=O)CCCCCCCCCCCCCCCCC. The van der Waals surface area contributed by atoms with Crippen molar-refractivity contribution < 1.29 is 121 Å². The third-order valence-electron chi connectivity index (χ3n) is 18.2. The zero-order valence-corrected chi connectivity index (χ0v) is 61.0. The van der Waals surface area contributed by atoms with Crippen LogP contribution in [0.4, 0.5) is 0 Å². The molecule has 0 radical (unpaired) electrons. The summed E-state index contributed by atoms with van der Waals surface area (Å²) >= 11 is 0. The van der Waals surface area contributed by atoms with E-state index >= 15 is 0 Å². The number of esters is 2. The Morgan fingerprint density at radius 1 is 0.455 bits per heavy atom. The summed E-state index contributed by atoms with van der Waals surface area (Å²) in [6.45, 7) is 3.76. The number of amides is 3. The van der Waals surface area contributed by atoms with Crippen LogP contribution in [0.25, 0.3) is 0 Å². The first-order valence-electron chi connectivity index (χ1n) is 37.6. The van der Waals surface area contributed by atoms with Crippen LogP contribution in [0.3, 0.4) is 0 Å². The molecule has 0 bridgehead atoms. The molecule has 0 spiro atoms. The number of carbonyl (C=O) groups excluding carboxylic acids is 5. The van der Waals surface area contributed by atoms with Gasteiger partial charge in [-0.2, -0.15) is 0 Å². The molecule has 3 saturated heterocycles. The normalized spacial score (nSPS) is 26.5. The van der Waals surface area contributed by atoms with Crippen LogP contribution < -0.4 is 16.0 Å². The molecule has 28 nitrogen and oxygen atoms in total. The van der Waals surface area contributed by atoms with Crippen LogP contribution in [-0.4, -0.2) is 226 Å². The Labute approximate surface area is 588 Å². The van der Waals surface area contributed by atoms with E-state index in [9.17, 15) is 74.3 Å². The van der Waals surface area contributed by atoms with Crippen molar-refractivity contribution in [3.05, 3.63) is 0 Å². The fraction of sp³-hybridized carbons (Fsp3) is 0.929. The maximum absolute atomic E-state index is 13.0. The largest absolute Gasteiger partial charge is 0.472 e. The second-order valence-corrected chi connectivity index (χ2v) is 28.4. The Hall–Kier alpha value is -3.10. The van der Waals surface area contributed by atoms with Crippen molar-refractivity contribution in [2.24, 2.45) is 0 Å². The molecule has 17 atom stereocenters. The first kappa shape index (κ1) is 90.1. The maximum atomic E-state index is 13.0. The summed E-state index contributed by atoms with van der Waals surface area (Å²) in [5.41, 5.74) is 0. The van der Waals surface area contributed by atoms with E-state index in [2.05, 4.69) is 29.8 Å². The fourth-order valence-electron chi connectivity index (χ4n) is 12.2. The van der Waals surface area contributed by atoms with Crippen molar-refractivity contribution in [1.29, 1.82) is 0 Å². The van der Waals surface area contributed by atoms with E-state index in [1.165, 1.54) is 142 Å². The number of ether oxygens (including phenoxy) is 8. The number of phosphoric acid groups is 1. The molecule has 580 valence electrons. The molecule has 0 aromatic carbocycles. The molecule has 3 aliphatic heterocycles. The van der Waals surface area contributed by atoms with Crippen LogP contribution in [-0.2, 0) is 75.5 Å². The second kappa shape index (κ2) is 54.5. The minimum atomic E-state index is -4.73. The number of hydrogen-bond acceptors (Lipinski definition) is 24. The van der Waals surface area contributed by atoms with Gasteiger partial charge in [-0.1, -0.05) is 194 Å². The number of unbranched alkanes of at least 4 members (excludes halogenated alkanes) is 29. The molecule has 29 heteroatoms. The van der Waals surface area contributed by atoms with Crippen molar-refractivity contribution in [2.45, 2.75) is 363 Å². The molecule has 3 fully saturated rings. The third-order valence-corrected chi connectivity index (χ3v) is 19.2. The van der Waals surface area contributed by atoms with Gasteiger partial charge >= 0.3 is 19.8 Å². The predicted octanol–water partition coefficient (Wildman–Crippen LogP) is 6.92. The molecular weight excluding hydrogens is 1310 g/mol. The topological polar surface area (TPSA) is 413 Å². The Morgan fingerprint density at radius 2 is 0.899 bits per heavy atom. The zero-order chi connectivity index (χ0) is 72.6. The van der Waals surface area contributed by atoms with Gasteiger partial charge in [-0.3, -0.25) is 33.0 Å². The number of phosphoric ester groups is 1. The van der Waals surface area contributed by atoms with Gasteiger partial charge in [0.15, 0.2) is 25.0 Å². The molecule has 3 amide bonds. The third kappa shape index (κ3) is 39.0. The molecule has 0 aromatic rings. The molecule has 3 rings (SSSR count). The summed E-state index contributed by atoms with van der Waals surface area (Å²) < 4.78 is 69.8. The molecule has 1 unspecified atom stereocenters. The lowest BCUT2D eigenvalue weighted by molar-refractivity contribution is -0.385. The molecule has 0 aromatic heterocycles. The quantitative estimate of drug-likeness (QED) is 0.0167. The number of aliphatic hydroxyl groups excluding tert-OH is 8. The summed E-state index contributed by atoms with van der Waals surface area (Å²) in [7, 11) is -4.73. The Morgan fingerprint density at radius 3 is 1.39 bits per heavy atom. The molecule has 3 heterocycles. The van der Waals surface area contributed by atoms with Crippen molar-refractivity contribution in [3.63, 3.8) is 0 Å². The molecule has 3 aliphatic rings. The number of nitrogens with one attached hydrogen (secondary N) is 3. The summed E-state index contributed by atoms with van der Waals surface area (Å²) in [5.74, 6) is -2.45. The van der Waals surface area contributed by atoms with Gasteiger partial charge < -0.3 is 99.6 Å². The minimum absolute atomic E-state index is 0.0184. The van der Waals surface area contributed by atoms with Gasteiger partial charge in [0, 0.05) is 45.7 Å². The lowest BCUT2D eigenvalue weighted by atomic mass is 9.95. The number of carbonyl (C=O) groups is 5. The van der Waals surface area contributed by atoms with Crippen LogP contribution in [0.2, 0.25) is 0 Å². The highest BCUT2D eigenvalue weighted by molar-refractivity contribution is 7.47. The number of hydrogen-bond donors (Lipinski definition) is 12. The minimum Gasteiger partial charge on any atom is -0.462 e. The molecule has 12 N–H and O–H groups in total. The van der Waals surface area contributed by atoms with Gasteiger partial charge in [0.25, 0.3) is 0 Å². The smallest absolute Gasteiger partial charge is 0.462 e. The van der Waals surface area contributed by atoms with Crippen LogP contribution in [0.5, 0.6) is 0 Å². The van der Waals surface area contributed by atoms with Gasteiger partial charge in [-0.25, -0.2) is 4.57 Å². The van der Waals surface area contributed by atoms with Gasteiger partial charge in [0.05, 0.1) is 39.1 Å². The van der Waals surface area contributed by atoms with Crippen molar-refractivity contribution in [1.82, 2.24) is 16.0 Å². The van der Waals surface area contributed by atoms with Crippen LogP contribution in [0.15, 0.2) is 0 Å². The molecule has 0 aliphatic carbocycles. The number of aliphatic hydroxyl groups is 8. The number of rotatable bonds is 59. The average molecular weight is 1440 g/mol. The Kier molecular flexibility index (Phi) is 49.6. The van der Waals surface area contributed by atoms with Gasteiger partial charge in [-0.15, -0.1) is 0 Å². The fourth-order valence-corrected chi connectivity index (χ4v) is 13.0. The van der Waals surface area contributed by atoms with Gasteiger partial charge in [-0.05, 0) is 39.0 Å². The summed E-state index contributed by atoms with van der Waals surface area (Å²) in [6, 6.07) is -1.49. The molecular formula is C70H130N3O25P. The van der Waals surface area contributed by atoms with E-state index in [1.807, 2.05) is 0 Å². The second-order valence-electron chi connectivity index (χ2n) is 27.0. The van der Waals surface area contributed by atoms with E-state index in [4.69, 9.17) is 46.9 Å². The molecule has 99 heavy (non-hydrogen) atoms. The highest BCUT2D eigenvalue weighted by atomic mass is 31.2.